The molecule has 0 saturated carbocycles. The summed E-state index contributed by atoms with van der Waals surface area (Å²) in [6.45, 7) is 0.902. The number of nitrogens with zero attached hydrogens (tertiary/aromatic N) is 6. The van der Waals surface area contributed by atoms with Gasteiger partial charge < -0.3 is 5.32 Å². The lowest BCUT2D eigenvalue weighted by molar-refractivity contribution is 0.308. The molecule has 0 bridgehead atoms. The van der Waals surface area contributed by atoms with Gasteiger partial charge in [0, 0.05) is 12.6 Å². The summed E-state index contributed by atoms with van der Waals surface area (Å²) in [4.78, 5) is 2.19. The molecule has 9 heteroatoms. The van der Waals surface area contributed by atoms with Gasteiger partial charge in [0.1, 0.15) is 11.6 Å². The molecule has 124 valence electrons. The number of fused-ring (bicyclic) bond motifs is 1. The molecular formula is C15H15ClFN7. The van der Waals surface area contributed by atoms with Crippen LogP contribution in [0.1, 0.15) is 18.0 Å². The van der Waals surface area contributed by atoms with Crippen LogP contribution in [0.3, 0.4) is 0 Å². The highest BCUT2D eigenvalue weighted by Crippen LogP contribution is 2.34. The summed E-state index contributed by atoms with van der Waals surface area (Å²) in [5.74, 6) is 0.274. The Bertz CT molecular complexity index is 883. The Morgan fingerprint density at radius 2 is 2.17 bits per heavy atom. The molecule has 2 atom stereocenters. The Morgan fingerprint density at radius 3 is 3.00 bits per heavy atom. The molecule has 1 saturated heterocycles. The molecule has 4 rings (SSSR count). The van der Waals surface area contributed by atoms with Crippen molar-refractivity contribution in [3.8, 4) is 0 Å². The molecule has 1 fully saturated rings. The van der Waals surface area contributed by atoms with E-state index in [2.05, 4.69) is 30.8 Å². The van der Waals surface area contributed by atoms with Crippen molar-refractivity contribution in [1.82, 2.24) is 30.2 Å². The topological polar surface area (TPSA) is 71.2 Å². The van der Waals surface area contributed by atoms with Crippen molar-refractivity contribution in [3.05, 3.63) is 46.7 Å². The van der Waals surface area contributed by atoms with Crippen molar-refractivity contribution in [2.24, 2.45) is 0 Å². The molecule has 0 aliphatic carbocycles. The number of likely N-dealkylation sites (tertiary alicyclic amines) is 1. The summed E-state index contributed by atoms with van der Waals surface area (Å²) in [6.07, 6.45) is 0.917. The van der Waals surface area contributed by atoms with Crippen LogP contribution in [0, 0.1) is 5.82 Å². The normalized spacial score (nSPS) is 21.5. The highest BCUT2D eigenvalue weighted by Gasteiger charge is 2.33. The molecule has 1 N–H and O–H groups in total. The van der Waals surface area contributed by atoms with Crippen LogP contribution < -0.4 is 5.32 Å². The van der Waals surface area contributed by atoms with Crippen molar-refractivity contribution < 1.29 is 4.39 Å². The molecule has 24 heavy (non-hydrogen) atoms. The van der Waals surface area contributed by atoms with Gasteiger partial charge in [0.15, 0.2) is 5.65 Å². The number of tetrazole rings is 1. The second-order valence-electron chi connectivity index (χ2n) is 5.88. The van der Waals surface area contributed by atoms with E-state index in [9.17, 15) is 4.39 Å². The fraction of sp³-hybridized carbons (Fsp3) is 0.333. The zero-order valence-corrected chi connectivity index (χ0v) is 13.7. The van der Waals surface area contributed by atoms with E-state index in [1.165, 1.54) is 10.7 Å². The zero-order chi connectivity index (χ0) is 16.7. The third-order valence-corrected chi connectivity index (χ3v) is 4.64. The fourth-order valence-electron chi connectivity index (χ4n) is 3.20. The number of anilines is 1. The first kappa shape index (κ1) is 15.2. The number of aromatic nitrogens is 5. The molecule has 3 heterocycles. The van der Waals surface area contributed by atoms with E-state index in [4.69, 9.17) is 11.6 Å². The number of likely N-dealkylation sites (N-methyl/N-ethyl adjacent to an activating group) is 1. The summed E-state index contributed by atoms with van der Waals surface area (Å²) < 4.78 is 15.2. The van der Waals surface area contributed by atoms with Crippen LogP contribution in [0.15, 0.2) is 30.3 Å². The first-order valence-electron chi connectivity index (χ1n) is 7.59. The molecule has 0 spiro atoms. The quantitative estimate of drug-likeness (QED) is 0.783. The lowest BCUT2D eigenvalue weighted by Crippen LogP contribution is -2.29. The SMILES string of the molecule is CN1CCC(Nc2ccc3nnnn3n2)C1c1ccc(Cl)c(F)c1. The van der Waals surface area contributed by atoms with Crippen molar-refractivity contribution in [3.63, 3.8) is 0 Å². The first-order chi connectivity index (χ1) is 11.6. The van der Waals surface area contributed by atoms with E-state index >= 15 is 0 Å². The maximum atomic E-state index is 13.8. The lowest BCUT2D eigenvalue weighted by atomic mass is 10.00. The molecule has 2 unspecified atom stereocenters. The van der Waals surface area contributed by atoms with E-state index in [0.29, 0.717) is 11.5 Å². The largest absolute Gasteiger partial charge is 0.364 e. The molecular weight excluding hydrogens is 333 g/mol. The Labute approximate surface area is 142 Å². The third-order valence-electron chi connectivity index (χ3n) is 4.34. The van der Waals surface area contributed by atoms with Gasteiger partial charge in [-0.1, -0.05) is 17.7 Å². The van der Waals surface area contributed by atoms with Crippen molar-refractivity contribution in [2.45, 2.75) is 18.5 Å². The lowest BCUT2D eigenvalue weighted by Gasteiger charge is -2.26. The van der Waals surface area contributed by atoms with Gasteiger partial charge in [0.2, 0.25) is 0 Å². The Balaban J connectivity index is 1.62. The fourth-order valence-corrected chi connectivity index (χ4v) is 3.32. The minimum Gasteiger partial charge on any atom is -0.364 e. The summed E-state index contributed by atoms with van der Waals surface area (Å²) in [6, 6.07) is 8.72. The molecule has 0 amide bonds. The molecule has 1 aromatic carbocycles. The zero-order valence-electron chi connectivity index (χ0n) is 12.9. The second kappa shape index (κ2) is 5.95. The minimum atomic E-state index is -0.401. The van der Waals surface area contributed by atoms with E-state index < -0.39 is 5.82 Å². The maximum Gasteiger partial charge on any atom is 0.200 e. The highest BCUT2D eigenvalue weighted by atomic mass is 35.5. The third kappa shape index (κ3) is 2.67. The van der Waals surface area contributed by atoms with Gasteiger partial charge in [0.25, 0.3) is 0 Å². The van der Waals surface area contributed by atoms with Gasteiger partial charge in [-0.15, -0.1) is 14.8 Å². The monoisotopic (exact) mass is 347 g/mol. The van der Waals surface area contributed by atoms with Crippen LogP contribution in [-0.2, 0) is 0 Å². The van der Waals surface area contributed by atoms with Crippen LogP contribution in [0.2, 0.25) is 5.02 Å². The number of hydrogen-bond acceptors (Lipinski definition) is 6. The van der Waals surface area contributed by atoms with Crippen LogP contribution in [0.4, 0.5) is 10.2 Å². The Kier molecular flexibility index (Phi) is 3.78. The number of hydrogen-bond donors (Lipinski definition) is 1. The smallest absolute Gasteiger partial charge is 0.200 e. The van der Waals surface area contributed by atoms with Gasteiger partial charge in [-0.25, -0.2) is 4.39 Å². The van der Waals surface area contributed by atoms with Gasteiger partial charge >= 0.3 is 0 Å². The molecule has 2 aromatic heterocycles. The van der Waals surface area contributed by atoms with Gasteiger partial charge in [0.05, 0.1) is 11.1 Å². The summed E-state index contributed by atoms with van der Waals surface area (Å²) in [5, 5.41) is 19.1. The molecule has 1 aliphatic heterocycles. The average molecular weight is 348 g/mol. The predicted octanol–water partition coefficient (Wildman–Crippen LogP) is 2.17. The van der Waals surface area contributed by atoms with E-state index in [0.717, 1.165) is 18.5 Å². The van der Waals surface area contributed by atoms with Crippen molar-refractivity contribution in [1.29, 1.82) is 0 Å². The highest BCUT2D eigenvalue weighted by molar-refractivity contribution is 6.30. The van der Waals surface area contributed by atoms with Gasteiger partial charge in [-0.2, -0.15) is 0 Å². The minimum absolute atomic E-state index is 0.0307. The summed E-state index contributed by atoms with van der Waals surface area (Å²) in [7, 11) is 2.02. The Morgan fingerprint density at radius 1 is 1.29 bits per heavy atom. The van der Waals surface area contributed by atoms with Crippen LogP contribution in [0.25, 0.3) is 5.65 Å². The Hall–Kier alpha value is -2.32. The van der Waals surface area contributed by atoms with Crippen molar-refractivity contribution in [2.75, 3.05) is 18.9 Å². The molecule has 3 aromatic rings. The average Bonchev–Trinajstić information content (AvgIpc) is 3.17. The number of rotatable bonds is 3. The predicted molar refractivity (Wildman–Crippen MR) is 87.4 cm³/mol. The number of nitrogens with one attached hydrogen (secondary N) is 1. The van der Waals surface area contributed by atoms with E-state index in [1.807, 2.05) is 19.2 Å². The van der Waals surface area contributed by atoms with Crippen LogP contribution in [0.5, 0.6) is 0 Å². The van der Waals surface area contributed by atoms with Crippen molar-refractivity contribution >= 4 is 23.1 Å². The molecule has 0 radical (unpaired) electrons. The number of halogens is 2. The summed E-state index contributed by atoms with van der Waals surface area (Å²) in [5.41, 5.74) is 1.47. The van der Waals surface area contributed by atoms with Crippen LogP contribution >= 0.6 is 11.6 Å². The second-order valence-corrected chi connectivity index (χ2v) is 6.29. The number of benzene rings is 1. The first-order valence-corrected chi connectivity index (χ1v) is 7.97. The maximum absolute atomic E-state index is 13.8. The van der Waals surface area contributed by atoms with E-state index in [1.54, 1.807) is 12.1 Å². The van der Waals surface area contributed by atoms with Gasteiger partial charge in [-0.05, 0) is 53.7 Å². The molecule has 1 aliphatic rings. The standard InChI is InChI=1S/C15H15ClFN7/c1-23-7-6-12(15(23)9-2-3-10(16)11(17)8-9)18-13-4-5-14-19-21-22-24(14)20-13/h2-5,8,12,15H,6-7H2,1H3,(H,18,20). The van der Waals surface area contributed by atoms with Crippen LogP contribution in [-0.4, -0.2) is 49.8 Å². The molecule has 7 nitrogen and oxygen atoms in total. The summed E-state index contributed by atoms with van der Waals surface area (Å²) >= 11 is 5.80. The van der Waals surface area contributed by atoms with E-state index in [-0.39, 0.29) is 17.1 Å². The van der Waals surface area contributed by atoms with Gasteiger partial charge in [-0.3, -0.25) is 4.90 Å².